The molecule has 2 aliphatic rings. The zero-order chi connectivity index (χ0) is 19.0. The van der Waals surface area contributed by atoms with Gasteiger partial charge in [-0.3, -0.25) is 4.79 Å². The molecule has 1 fully saturated rings. The molecule has 142 valence electrons. The highest BCUT2D eigenvalue weighted by Gasteiger charge is 2.51. The molecule has 2 N–H and O–H groups in total. The number of fused-ring (bicyclic) bond motifs is 1. The van der Waals surface area contributed by atoms with Crippen molar-refractivity contribution in [3.8, 4) is 0 Å². The molecule has 0 aromatic heterocycles. The van der Waals surface area contributed by atoms with Gasteiger partial charge in [0.05, 0.1) is 19.2 Å². The number of nitrogens with zero attached hydrogens (tertiary/aromatic N) is 1. The molecule has 8 heteroatoms. The van der Waals surface area contributed by atoms with Crippen LogP contribution in [0.4, 0.5) is 0 Å². The van der Waals surface area contributed by atoms with Gasteiger partial charge in [-0.25, -0.2) is 4.79 Å². The Kier molecular flexibility index (Phi) is 5.58. The molecule has 25 heavy (non-hydrogen) atoms. The van der Waals surface area contributed by atoms with Gasteiger partial charge in [-0.05, 0) is 18.9 Å². The Morgan fingerprint density at radius 2 is 2.08 bits per heavy atom. The lowest BCUT2D eigenvalue weighted by Crippen LogP contribution is -2.53. The summed E-state index contributed by atoms with van der Waals surface area (Å²) in [7, 11) is 0. The number of aliphatic hydroxyl groups excluding tert-OH is 1. The first-order valence-corrected chi connectivity index (χ1v) is 8.54. The summed E-state index contributed by atoms with van der Waals surface area (Å²) >= 11 is 0. The number of hydrogen-bond acceptors (Lipinski definition) is 7. The number of hydroxylamine groups is 3. The summed E-state index contributed by atoms with van der Waals surface area (Å²) in [6.45, 7) is 6.22. The minimum absolute atomic E-state index is 0.175. The lowest BCUT2D eigenvalue weighted by atomic mass is 9.85. The largest absolute Gasteiger partial charge is 0.632 e. The number of quaternary nitrogens is 1. The van der Waals surface area contributed by atoms with E-state index in [0.717, 1.165) is 0 Å². The first-order valence-electron chi connectivity index (χ1n) is 8.54. The third-order valence-corrected chi connectivity index (χ3v) is 5.23. The highest BCUT2D eigenvalue weighted by atomic mass is 16.6. The van der Waals surface area contributed by atoms with Gasteiger partial charge in [0.15, 0.2) is 17.7 Å². The van der Waals surface area contributed by atoms with E-state index in [9.17, 15) is 25.0 Å². The van der Waals surface area contributed by atoms with Crippen LogP contribution in [0, 0.1) is 11.1 Å². The molecule has 0 radical (unpaired) electrons. The quantitative estimate of drug-likeness (QED) is 0.303. The van der Waals surface area contributed by atoms with Crippen molar-refractivity contribution in [1.29, 1.82) is 0 Å². The van der Waals surface area contributed by atoms with E-state index in [1.165, 1.54) is 13.8 Å². The monoisotopic (exact) mass is 357 g/mol. The van der Waals surface area contributed by atoms with Crippen LogP contribution in [0.1, 0.15) is 34.1 Å². The molecular weight excluding hydrogens is 330 g/mol. The van der Waals surface area contributed by atoms with Crippen molar-refractivity contribution in [2.24, 2.45) is 5.92 Å². The zero-order valence-corrected chi connectivity index (χ0v) is 15.1. The lowest BCUT2D eigenvalue weighted by Gasteiger charge is -2.40. The summed E-state index contributed by atoms with van der Waals surface area (Å²) in [6.07, 6.45) is 0.329. The second-order valence-electron chi connectivity index (χ2n) is 7.25. The lowest BCUT2D eigenvalue weighted by molar-refractivity contribution is -0.877. The number of ether oxygens (including phenoxy) is 2. The Morgan fingerprint density at radius 3 is 2.60 bits per heavy atom. The molecule has 2 rings (SSSR count). The van der Waals surface area contributed by atoms with Crippen molar-refractivity contribution >= 4 is 11.9 Å². The normalized spacial score (nSPS) is 31.9. The van der Waals surface area contributed by atoms with Gasteiger partial charge in [0.2, 0.25) is 0 Å². The fraction of sp³-hybridized carbons (Fsp3) is 0.765. The van der Waals surface area contributed by atoms with Gasteiger partial charge < -0.3 is 29.5 Å². The third-order valence-electron chi connectivity index (χ3n) is 5.23. The Hall–Kier alpha value is -1.48. The maximum absolute atomic E-state index is 12.8. The van der Waals surface area contributed by atoms with Crippen LogP contribution in [-0.2, 0) is 19.1 Å². The van der Waals surface area contributed by atoms with Crippen LogP contribution in [-0.4, -0.2) is 70.3 Å². The highest BCUT2D eigenvalue weighted by Crippen LogP contribution is 2.38. The summed E-state index contributed by atoms with van der Waals surface area (Å²) in [6, 6.07) is -0.588. The molecule has 0 aliphatic carbocycles. The predicted octanol–water partition coefficient (Wildman–Crippen LogP) is 0.256. The van der Waals surface area contributed by atoms with Gasteiger partial charge in [-0.2, -0.15) is 0 Å². The summed E-state index contributed by atoms with van der Waals surface area (Å²) in [4.78, 5) is 23.6. The SMILES string of the molecule is CC(=O)O[C@@H]1CC[N+]2([O-])CC=C(COC(=O)[C@](O)(C(C)C)[C@H](C)O)[C@H]12. The van der Waals surface area contributed by atoms with E-state index in [2.05, 4.69) is 0 Å². The molecule has 0 amide bonds. The highest BCUT2D eigenvalue weighted by molar-refractivity contribution is 5.80. The Labute approximate surface area is 147 Å². The predicted molar refractivity (Wildman–Crippen MR) is 87.8 cm³/mol. The minimum Gasteiger partial charge on any atom is -0.632 e. The van der Waals surface area contributed by atoms with E-state index in [1.54, 1.807) is 19.9 Å². The van der Waals surface area contributed by atoms with Crippen molar-refractivity contribution in [2.75, 3.05) is 19.7 Å². The van der Waals surface area contributed by atoms with Gasteiger partial charge >= 0.3 is 11.9 Å². The molecular formula is C17H27NO7. The second-order valence-corrected chi connectivity index (χ2v) is 7.25. The van der Waals surface area contributed by atoms with Crippen LogP contribution in [0.5, 0.6) is 0 Å². The molecule has 1 unspecified atom stereocenters. The van der Waals surface area contributed by atoms with E-state index in [-0.39, 0.29) is 13.2 Å². The number of hydrogen-bond donors (Lipinski definition) is 2. The Morgan fingerprint density at radius 1 is 1.44 bits per heavy atom. The maximum atomic E-state index is 12.8. The number of aliphatic hydroxyl groups is 2. The van der Waals surface area contributed by atoms with Crippen molar-refractivity contribution in [1.82, 2.24) is 0 Å². The van der Waals surface area contributed by atoms with Crippen LogP contribution in [0.2, 0.25) is 0 Å². The van der Waals surface area contributed by atoms with Crippen LogP contribution in [0.3, 0.4) is 0 Å². The summed E-state index contributed by atoms with van der Waals surface area (Å²) in [5.74, 6) is -1.94. The first-order chi connectivity index (χ1) is 11.5. The summed E-state index contributed by atoms with van der Waals surface area (Å²) in [5, 5.41) is 33.0. The molecule has 0 spiro atoms. The molecule has 0 aromatic rings. The van der Waals surface area contributed by atoms with E-state index < -0.39 is 46.4 Å². The Balaban J connectivity index is 2.08. The van der Waals surface area contributed by atoms with E-state index >= 15 is 0 Å². The van der Waals surface area contributed by atoms with Gasteiger partial charge in [0.1, 0.15) is 6.61 Å². The van der Waals surface area contributed by atoms with Crippen molar-refractivity contribution in [3.63, 3.8) is 0 Å². The number of esters is 2. The van der Waals surface area contributed by atoms with E-state index in [1.807, 2.05) is 0 Å². The van der Waals surface area contributed by atoms with Crippen LogP contribution >= 0.6 is 0 Å². The number of carbonyl (C=O) groups is 2. The van der Waals surface area contributed by atoms with Crippen molar-refractivity contribution < 1.29 is 33.9 Å². The summed E-state index contributed by atoms with van der Waals surface area (Å²) < 4.78 is 9.94. The number of carbonyl (C=O) groups excluding carboxylic acids is 2. The van der Waals surface area contributed by atoms with E-state index in [0.29, 0.717) is 18.5 Å². The maximum Gasteiger partial charge on any atom is 0.341 e. The first kappa shape index (κ1) is 19.8. The third kappa shape index (κ3) is 3.57. The second kappa shape index (κ2) is 7.03. The van der Waals surface area contributed by atoms with Crippen molar-refractivity contribution in [2.45, 2.75) is 58.0 Å². The summed E-state index contributed by atoms with van der Waals surface area (Å²) in [5.41, 5.74) is -1.43. The van der Waals surface area contributed by atoms with Crippen LogP contribution in [0.25, 0.3) is 0 Å². The molecule has 8 nitrogen and oxygen atoms in total. The smallest absolute Gasteiger partial charge is 0.341 e. The number of rotatable bonds is 6. The standard InChI is InChI=1S/C17H27NO7/c1-10(2)17(22,11(3)19)16(21)24-9-13-5-7-18(23)8-6-14(15(13)18)25-12(4)20/h5,10-11,14-15,19,22H,6-9H2,1-4H3/t11-,14+,15+,17-,18?/m0/s1. The molecule has 0 aromatic carbocycles. The van der Waals surface area contributed by atoms with Gasteiger partial charge in [-0.1, -0.05) is 13.8 Å². The molecule has 5 atom stereocenters. The van der Waals surface area contributed by atoms with Crippen molar-refractivity contribution in [3.05, 3.63) is 16.9 Å². The fourth-order valence-electron chi connectivity index (χ4n) is 3.72. The molecule has 0 saturated carbocycles. The topological polar surface area (TPSA) is 116 Å². The zero-order valence-electron chi connectivity index (χ0n) is 15.1. The fourth-order valence-corrected chi connectivity index (χ4v) is 3.72. The van der Waals surface area contributed by atoms with E-state index in [4.69, 9.17) is 9.47 Å². The van der Waals surface area contributed by atoms with Gasteiger partial charge in [-0.15, -0.1) is 0 Å². The average molecular weight is 357 g/mol. The minimum atomic E-state index is -2.02. The molecule has 1 saturated heterocycles. The van der Waals surface area contributed by atoms with Crippen LogP contribution in [0.15, 0.2) is 11.6 Å². The molecule has 0 bridgehead atoms. The molecule has 2 heterocycles. The Bertz CT molecular complexity index is 563. The average Bonchev–Trinajstić information content (AvgIpc) is 2.99. The van der Waals surface area contributed by atoms with Crippen LogP contribution < -0.4 is 0 Å². The van der Waals surface area contributed by atoms with Gasteiger partial charge in [0.25, 0.3) is 0 Å². The van der Waals surface area contributed by atoms with Gasteiger partial charge in [0, 0.05) is 18.9 Å². The molecule has 2 aliphatic heterocycles.